The molecule has 138 valence electrons. The van der Waals surface area contributed by atoms with Gasteiger partial charge in [-0.1, -0.05) is 25.3 Å². The average Bonchev–Trinajstić information content (AvgIpc) is 2.62. The van der Waals surface area contributed by atoms with Gasteiger partial charge in [-0.2, -0.15) is 0 Å². The summed E-state index contributed by atoms with van der Waals surface area (Å²) in [5.41, 5.74) is 0.0774. The summed E-state index contributed by atoms with van der Waals surface area (Å²) in [6.45, 7) is 1.50. The molecule has 1 amide bonds. The summed E-state index contributed by atoms with van der Waals surface area (Å²) in [7, 11) is -2.37. The third-order valence-electron chi connectivity index (χ3n) is 4.25. The molecule has 2 N–H and O–H groups in total. The highest BCUT2D eigenvalue weighted by Crippen LogP contribution is 2.18. The van der Waals surface area contributed by atoms with Gasteiger partial charge in [0.15, 0.2) is 6.10 Å². The highest BCUT2D eigenvalue weighted by molar-refractivity contribution is 7.89. The van der Waals surface area contributed by atoms with E-state index in [1.807, 2.05) is 0 Å². The van der Waals surface area contributed by atoms with Crippen molar-refractivity contribution in [2.45, 2.75) is 56.1 Å². The SMILES string of the molecule is CNS(=O)(=O)c1cccc(C(=O)OC(C)C(=O)NC2CCCCC2)c1. The van der Waals surface area contributed by atoms with Crippen LogP contribution in [0.4, 0.5) is 0 Å². The Labute approximate surface area is 148 Å². The van der Waals surface area contributed by atoms with E-state index in [9.17, 15) is 18.0 Å². The third-order valence-corrected chi connectivity index (χ3v) is 5.67. The largest absolute Gasteiger partial charge is 0.449 e. The van der Waals surface area contributed by atoms with Crippen molar-refractivity contribution in [1.82, 2.24) is 10.0 Å². The molecule has 0 aliphatic heterocycles. The van der Waals surface area contributed by atoms with Crippen LogP contribution < -0.4 is 10.0 Å². The van der Waals surface area contributed by atoms with Crippen molar-refractivity contribution in [1.29, 1.82) is 0 Å². The summed E-state index contributed by atoms with van der Waals surface area (Å²) in [6, 6.07) is 5.63. The van der Waals surface area contributed by atoms with Crippen LogP contribution in [-0.2, 0) is 19.6 Å². The Morgan fingerprint density at radius 3 is 2.52 bits per heavy atom. The van der Waals surface area contributed by atoms with Crippen molar-refractivity contribution in [2.24, 2.45) is 0 Å². The Hall–Kier alpha value is -1.93. The van der Waals surface area contributed by atoms with Crippen LogP contribution in [0.5, 0.6) is 0 Å². The van der Waals surface area contributed by atoms with Crippen LogP contribution >= 0.6 is 0 Å². The Bertz CT molecular complexity index is 726. The fourth-order valence-electron chi connectivity index (χ4n) is 2.76. The number of hydrogen-bond acceptors (Lipinski definition) is 5. The molecule has 0 radical (unpaired) electrons. The van der Waals surface area contributed by atoms with Gasteiger partial charge in [0.05, 0.1) is 10.5 Å². The lowest BCUT2D eigenvalue weighted by molar-refractivity contribution is -0.130. The fourth-order valence-corrected chi connectivity index (χ4v) is 3.53. The van der Waals surface area contributed by atoms with Crippen molar-refractivity contribution in [3.63, 3.8) is 0 Å². The van der Waals surface area contributed by atoms with Crippen LogP contribution in [-0.4, -0.2) is 39.5 Å². The van der Waals surface area contributed by atoms with Crippen molar-refractivity contribution in [3.8, 4) is 0 Å². The number of benzene rings is 1. The average molecular weight is 368 g/mol. The maximum atomic E-state index is 12.2. The zero-order valence-electron chi connectivity index (χ0n) is 14.4. The van der Waals surface area contributed by atoms with Gasteiger partial charge < -0.3 is 10.1 Å². The maximum absolute atomic E-state index is 12.2. The highest BCUT2D eigenvalue weighted by Gasteiger charge is 2.23. The number of esters is 1. The van der Waals surface area contributed by atoms with E-state index in [-0.39, 0.29) is 22.4 Å². The Morgan fingerprint density at radius 1 is 1.20 bits per heavy atom. The molecule has 0 heterocycles. The summed E-state index contributed by atoms with van der Waals surface area (Å²) >= 11 is 0. The molecule has 1 fully saturated rings. The molecule has 1 aliphatic rings. The van der Waals surface area contributed by atoms with Crippen molar-refractivity contribution in [3.05, 3.63) is 29.8 Å². The van der Waals surface area contributed by atoms with Gasteiger partial charge in [0, 0.05) is 6.04 Å². The standard InChI is InChI=1S/C17H24N2O5S/c1-12(16(20)19-14-8-4-3-5-9-14)24-17(21)13-7-6-10-15(11-13)25(22,23)18-2/h6-7,10-12,14,18H,3-5,8-9H2,1-2H3,(H,19,20). The van der Waals surface area contributed by atoms with E-state index in [4.69, 9.17) is 4.74 Å². The van der Waals surface area contributed by atoms with Crippen LogP contribution in [0.1, 0.15) is 49.4 Å². The first kappa shape index (κ1) is 19.4. The fraction of sp³-hybridized carbons (Fsp3) is 0.529. The number of rotatable bonds is 6. The number of sulfonamides is 1. The zero-order valence-corrected chi connectivity index (χ0v) is 15.3. The predicted octanol–water partition coefficient (Wildman–Crippen LogP) is 1.59. The summed E-state index contributed by atoms with van der Waals surface area (Å²) in [5.74, 6) is -1.07. The Balaban J connectivity index is 1.98. The molecule has 1 saturated carbocycles. The van der Waals surface area contributed by atoms with Crippen molar-refractivity contribution >= 4 is 21.9 Å². The minimum Gasteiger partial charge on any atom is -0.449 e. The summed E-state index contributed by atoms with van der Waals surface area (Å²) < 4.78 is 31.0. The van der Waals surface area contributed by atoms with Gasteiger partial charge >= 0.3 is 5.97 Å². The van der Waals surface area contributed by atoms with E-state index in [1.54, 1.807) is 0 Å². The summed E-state index contributed by atoms with van der Waals surface area (Å²) in [5, 5.41) is 2.90. The highest BCUT2D eigenvalue weighted by atomic mass is 32.2. The second-order valence-corrected chi connectivity index (χ2v) is 8.01. The van der Waals surface area contributed by atoms with Crippen LogP contribution in [0.25, 0.3) is 0 Å². The molecule has 1 aliphatic carbocycles. The molecule has 0 saturated heterocycles. The first-order chi connectivity index (χ1) is 11.8. The Morgan fingerprint density at radius 2 is 1.88 bits per heavy atom. The van der Waals surface area contributed by atoms with E-state index in [0.717, 1.165) is 25.7 Å². The van der Waals surface area contributed by atoms with Crippen molar-refractivity contribution in [2.75, 3.05) is 7.05 Å². The molecule has 1 aromatic carbocycles. The third kappa shape index (κ3) is 5.27. The molecular formula is C17H24N2O5S. The van der Waals surface area contributed by atoms with Gasteiger partial charge in [0.1, 0.15) is 0 Å². The first-order valence-electron chi connectivity index (χ1n) is 8.38. The van der Waals surface area contributed by atoms with E-state index in [2.05, 4.69) is 10.0 Å². The first-order valence-corrected chi connectivity index (χ1v) is 9.87. The molecule has 7 nitrogen and oxygen atoms in total. The van der Waals surface area contributed by atoms with Gasteiger partial charge in [-0.15, -0.1) is 0 Å². The normalized spacial score (nSPS) is 16.9. The van der Waals surface area contributed by atoms with Gasteiger partial charge in [-0.25, -0.2) is 17.9 Å². The van der Waals surface area contributed by atoms with E-state index < -0.39 is 22.1 Å². The molecule has 8 heteroatoms. The summed E-state index contributed by atoms with van der Waals surface area (Å²) in [4.78, 5) is 24.3. The molecule has 1 aromatic rings. The number of hydrogen-bond donors (Lipinski definition) is 2. The topological polar surface area (TPSA) is 102 Å². The number of carbonyl (C=O) groups excluding carboxylic acids is 2. The molecular weight excluding hydrogens is 344 g/mol. The van der Waals surface area contributed by atoms with Crippen LogP contribution in [0, 0.1) is 0 Å². The Kier molecular flexibility index (Phi) is 6.55. The van der Waals surface area contributed by atoms with Gasteiger partial charge in [0.2, 0.25) is 10.0 Å². The van der Waals surface area contributed by atoms with Gasteiger partial charge in [-0.3, -0.25) is 4.79 Å². The van der Waals surface area contributed by atoms with E-state index >= 15 is 0 Å². The second kappa shape index (κ2) is 8.44. The van der Waals surface area contributed by atoms with Crippen LogP contribution in [0.15, 0.2) is 29.2 Å². The number of carbonyl (C=O) groups is 2. The van der Waals surface area contributed by atoms with Gasteiger partial charge in [-0.05, 0) is 45.0 Å². The predicted molar refractivity (Wildman–Crippen MR) is 92.6 cm³/mol. The number of nitrogens with one attached hydrogen (secondary N) is 2. The molecule has 2 rings (SSSR count). The van der Waals surface area contributed by atoms with E-state index in [1.165, 1.54) is 44.7 Å². The van der Waals surface area contributed by atoms with E-state index in [0.29, 0.717) is 0 Å². The molecule has 1 unspecified atom stereocenters. The lowest BCUT2D eigenvalue weighted by Gasteiger charge is -2.24. The number of amides is 1. The van der Waals surface area contributed by atoms with Crippen LogP contribution in [0.3, 0.4) is 0 Å². The maximum Gasteiger partial charge on any atom is 0.338 e. The zero-order chi connectivity index (χ0) is 18.4. The molecule has 25 heavy (non-hydrogen) atoms. The lowest BCUT2D eigenvalue weighted by atomic mass is 9.95. The summed E-state index contributed by atoms with van der Waals surface area (Å²) in [6.07, 6.45) is 4.30. The quantitative estimate of drug-likeness (QED) is 0.743. The monoisotopic (exact) mass is 368 g/mol. The molecule has 0 aromatic heterocycles. The van der Waals surface area contributed by atoms with Crippen LogP contribution in [0.2, 0.25) is 0 Å². The minimum absolute atomic E-state index is 0.0382. The van der Waals surface area contributed by atoms with Gasteiger partial charge in [0.25, 0.3) is 5.91 Å². The molecule has 0 spiro atoms. The van der Waals surface area contributed by atoms with Crippen molar-refractivity contribution < 1.29 is 22.7 Å². The lowest BCUT2D eigenvalue weighted by Crippen LogP contribution is -2.42. The molecule has 1 atom stereocenters. The molecule has 0 bridgehead atoms. The number of ether oxygens (including phenoxy) is 1. The minimum atomic E-state index is -3.66. The smallest absolute Gasteiger partial charge is 0.338 e. The second-order valence-electron chi connectivity index (χ2n) is 6.13.